The molecular formula is C22H25BrN2O6. The van der Waals surface area contributed by atoms with Crippen LogP contribution in [0, 0.1) is 6.92 Å². The molecule has 2 rings (SSSR count). The Morgan fingerprint density at radius 1 is 1.03 bits per heavy atom. The number of ether oxygens (including phenoxy) is 4. The minimum atomic E-state index is -0.474. The van der Waals surface area contributed by atoms with Crippen LogP contribution in [0.2, 0.25) is 0 Å². The number of halogens is 1. The fourth-order valence-corrected chi connectivity index (χ4v) is 2.97. The third-order valence-electron chi connectivity index (χ3n) is 3.77. The van der Waals surface area contributed by atoms with Crippen molar-refractivity contribution in [1.82, 2.24) is 5.43 Å². The monoisotopic (exact) mass is 492 g/mol. The van der Waals surface area contributed by atoms with Crippen LogP contribution in [0.3, 0.4) is 0 Å². The maximum Gasteiger partial charge on any atom is 0.344 e. The molecule has 0 saturated carbocycles. The lowest BCUT2D eigenvalue weighted by atomic mass is 10.2. The highest BCUT2D eigenvalue weighted by Gasteiger charge is 2.14. The van der Waals surface area contributed by atoms with E-state index in [1.807, 2.05) is 26.0 Å². The van der Waals surface area contributed by atoms with Crippen molar-refractivity contribution in [1.29, 1.82) is 0 Å². The summed E-state index contributed by atoms with van der Waals surface area (Å²) >= 11 is 3.41. The average molecular weight is 493 g/mol. The minimum absolute atomic E-state index is 0.158. The maximum absolute atomic E-state index is 11.9. The summed E-state index contributed by atoms with van der Waals surface area (Å²) in [6.07, 6.45) is 1.46. The molecule has 0 atom stereocenters. The van der Waals surface area contributed by atoms with Crippen LogP contribution in [0.5, 0.6) is 17.2 Å². The summed E-state index contributed by atoms with van der Waals surface area (Å²) in [4.78, 5) is 23.5. The zero-order chi connectivity index (χ0) is 22.6. The molecule has 8 nitrogen and oxygen atoms in total. The van der Waals surface area contributed by atoms with Crippen LogP contribution in [0.25, 0.3) is 0 Å². The van der Waals surface area contributed by atoms with E-state index >= 15 is 0 Å². The summed E-state index contributed by atoms with van der Waals surface area (Å²) in [6, 6.07) is 10.8. The zero-order valence-electron chi connectivity index (χ0n) is 17.6. The first-order chi connectivity index (χ1) is 14.9. The van der Waals surface area contributed by atoms with Gasteiger partial charge in [0.1, 0.15) is 5.75 Å². The van der Waals surface area contributed by atoms with E-state index in [9.17, 15) is 9.59 Å². The Balaban J connectivity index is 1.96. The van der Waals surface area contributed by atoms with E-state index in [-0.39, 0.29) is 19.8 Å². The number of benzene rings is 2. The molecule has 31 heavy (non-hydrogen) atoms. The molecule has 2 aromatic rings. The molecule has 0 fully saturated rings. The molecule has 0 radical (unpaired) electrons. The van der Waals surface area contributed by atoms with Crippen molar-refractivity contribution in [3.63, 3.8) is 0 Å². The molecule has 0 aliphatic rings. The minimum Gasteiger partial charge on any atom is -0.490 e. The summed E-state index contributed by atoms with van der Waals surface area (Å²) in [7, 11) is 0. The lowest BCUT2D eigenvalue weighted by molar-refractivity contribution is -0.145. The molecule has 0 saturated heterocycles. The maximum atomic E-state index is 11.9. The SMILES string of the molecule is CCOC(=O)COc1c(Br)cc(/C=N\NC(=O)COc2ccc(C)cc2)cc1OCC. The molecule has 0 spiro atoms. The van der Waals surface area contributed by atoms with Gasteiger partial charge in [-0.2, -0.15) is 5.10 Å². The molecular weight excluding hydrogens is 468 g/mol. The Morgan fingerprint density at radius 2 is 1.77 bits per heavy atom. The standard InChI is InChI=1S/C22H25BrN2O6/c1-4-28-19-11-16(10-18(23)22(19)31-14-21(27)29-5-2)12-24-25-20(26)13-30-17-8-6-15(3)7-9-17/h6-12H,4-5,13-14H2,1-3H3,(H,25,26)/b24-12-. The van der Waals surface area contributed by atoms with Gasteiger partial charge in [-0.05, 0) is 66.5 Å². The molecule has 2 aromatic carbocycles. The lowest BCUT2D eigenvalue weighted by Crippen LogP contribution is -2.24. The lowest BCUT2D eigenvalue weighted by Gasteiger charge is -2.14. The topological polar surface area (TPSA) is 95.5 Å². The van der Waals surface area contributed by atoms with Crippen LogP contribution >= 0.6 is 15.9 Å². The summed E-state index contributed by atoms with van der Waals surface area (Å²) in [5, 5.41) is 3.94. The van der Waals surface area contributed by atoms with Gasteiger partial charge in [0, 0.05) is 0 Å². The van der Waals surface area contributed by atoms with E-state index in [0.717, 1.165) is 5.56 Å². The molecule has 1 amide bonds. The average Bonchev–Trinajstić information content (AvgIpc) is 2.73. The summed E-state index contributed by atoms with van der Waals surface area (Å²) in [6.45, 7) is 5.80. The fraction of sp³-hybridized carbons (Fsp3) is 0.318. The second kappa shape index (κ2) is 12.6. The number of nitrogens with zero attached hydrogens (tertiary/aromatic N) is 1. The molecule has 0 bridgehead atoms. The number of carbonyl (C=O) groups is 2. The molecule has 0 heterocycles. The smallest absolute Gasteiger partial charge is 0.344 e. The van der Waals surface area contributed by atoms with Gasteiger partial charge in [0.2, 0.25) is 0 Å². The highest BCUT2D eigenvalue weighted by Crippen LogP contribution is 2.36. The molecule has 166 valence electrons. The van der Waals surface area contributed by atoms with Gasteiger partial charge in [0.15, 0.2) is 24.7 Å². The first kappa shape index (κ1) is 24.2. The Labute approximate surface area is 189 Å². The first-order valence-electron chi connectivity index (χ1n) is 9.69. The molecule has 0 aliphatic carbocycles. The molecule has 0 unspecified atom stereocenters. The van der Waals surface area contributed by atoms with E-state index in [0.29, 0.717) is 33.9 Å². The van der Waals surface area contributed by atoms with Crippen molar-refractivity contribution in [3.8, 4) is 17.2 Å². The van der Waals surface area contributed by atoms with Gasteiger partial charge in [0.25, 0.3) is 5.91 Å². The van der Waals surface area contributed by atoms with Crippen LogP contribution in [-0.2, 0) is 14.3 Å². The summed E-state index contributed by atoms with van der Waals surface area (Å²) < 4.78 is 22.0. The zero-order valence-corrected chi connectivity index (χ0v) is 19.2. The summed E-state index contributed by atoms with van der Waals surface area (Å²) in [5.41, 5.74) is 4.17. The number of hydrazone groups is 1. The number of carbonyl (C=O) groups excluding carboxylic acids is 2. The number of rotatable bonds is 11. The highest BCUT2D eigenvalue weighted by atomic mass is 79.9. The van der Waals surface area contributed by atoms with Crippen LogP contribution in [0.15, 0.2) is 46.0 Å². The van der Waals surface area contributed by atoms with Crippen molar-refractivity contribution in [2.24, 2.45) is 5.10 Å². The number of hydrogen-bond donors (Lipinski definition) is 1. The van der Waals surface area contributed by atoms with Gasteiger partial charge in [0.05, 0.1) is 23.9 Å². The van der Waals surface area contributed by atoms with Gasteiger partial charge in [-0.3, -0.25) is 4.79 Å². The normalized spacial score (nSPS) is 10.6. The highest BCUT2D eigenvalue weighted by molar-refractivity contribution is 9.10. The van der Waals surface area contributed by atoms with E-state index in [1.165, 1.54) is 6.21 Å². The van der Waals surface area contributed by atoms with Crippen LogP contribution in [-0.4, -0.2) is 44.5 Å². The van der Waals surface area contributed by atoms with Gasteiger partial charge >= 0.3 is 5.97 Å². The third-order valence-corrected chi connectivity index (χ3v) is 4.35. The Bertz CT molecular complexity index is 915. The van der Waals surface area contributed by atoms with E-state index < -0.39 is 11.9 Å². The number of hydrogen-bond acceptors (Lipinski definition) is 7. The van der Waals surface area contributed by atoms with Crippen LogP contribution < -0.4 is 19.6 Å². The Kier molecular flexibility index (Phi) is 9.83. The van der Waals surface area contributed by atoms with Crippen molar-refractivity contribution >= 4 is 34.0 Å². The van der Waals surface area contributed by atoms with Gasteiger partial charge in [-0.1, -0.05) is 17.7 Å². The predicted molar refractivity (Wildman–Crippen MR) is 120 cm³/mol. The fourth-order valence-electron chi connectivity index (χ4n) is 2.39. The number of esters is 1. The molecule has 0 aliphatic heterocycles. The van der Waals surface area contributed by atoms with Crippen molar-refractivity contribution in [3.05, 3.63) is 52.0 Å². The van der Waals surface area contributed by atoms with Gasteiger partial charge < -0.3 is 18.9 Å². The quantitative estimate of drug-likeness (QED) is 0.292. The van der Waals surface area contributed by atoms with Crippen molar-refractivity contribution in [2.75, 3.05) is 26.4 Å². The van der Waals surface area contributed by atoms with Gasteiger partial charge in [-0.25, -0.2) is 10.2 Å². The van der Waals surface area contributed by atoms with E-state index in [2.05, 4.69) is 26.5 Å². The Hall–Kier alpha value is -3.07. The largest absolute Gasteiger partial charge is 0.490 e. The van der Waals surface area contributed by atoms with Gasteiger partial charge in [-0.15, -0.1) is 0 Å². The first-order valence-corrected chi connectivity index (χ1v) is 10.5. The number of aryl methyl sites for hydroxylation is 1. The van der Waals surface area contributed by atoms with Crippen LogP contribution in [0.1, 0.15) is 25.0 Å². The van der Waals surface area contributed by atoms with E-state index in [4.69, 9.17) is 18.9 Å². The molecule has 0 aromatic heterocycles. The molecule has 1 N–H and O–H groups in total. The van der Waals surface area contributed by atoms with Crippen molar-refractivity contribution in [2.45, 2.75) is 20.8 Å². The predicted octanol–water partition coefficient (Wildman–Crippen LogP) is 3.63. The van der Waals surface area contributed by atoms with Crippen molar-refractivity contribution < 1.29 is 28.5 Å². The van der Waals surface area contributed by atoms with E-state index in [1.54, 1.807) is 31.2 Å². The third kappa shape index (κ3) is 8.29. The second-order valence-corrected chi connectivity index (χ2v) is 7.11. The molecule has 9 heteroatoms. The van der Waals surface area contributed by atoms with Crippen LogP contribution in [0.4, 0.5) is 0 Å². The number of nitrogens with one attached hydrogen (secondary N) is 1. The summed E-state index contributed by atoms with van der Waals surface area (Å²) in [5.74, 6) is 0.543. The second-order valence-electron chi connectivity index (χ2n) is 6.25. The Morgan fingerprint density at radius 3 is 2.45 bits per heavy atom. The number of amides is 1.